The van der Waals surface area contributed by atoms with Crippen molar-refractivity contribution in [2.75, 3.05) is 0 Å². The number of H-pyrrole nitrogens is 1. The number of ether oxygens (including phenoxy) is 1. The van der Waals surface area contributed by atoms with Gasteiger partial charge in [0.2, 0.25) is 0 Å². The molecule has 0 amide bonds. The second-order valence-corrected chi connectivity index (χ2v) is 5.82. The zero-order valence-corrected chi connectivity index (χ0v) is 14.2. The molecule has 132 valence electrons. The number of aromatic carboxylic acids is 1. The molecule has 6 nitrogen and oxygen atoms in total. The monoisotopic (exact) mass is 357 g/mol. The normalized spacial score (nSPS) is 10.5. The number of rotatable bonds is 5. The highest BCUT2D eigenvalue weighted by Crippen LogP contribution is 2.37. The number of benzene rings is 3. The van der Waals surface area contributed by atoms with Gasteiger partial charge in [0, 0.05) is 5.56 Å². The molecule has 0 radical (unpaired) electrons. The third kappa shape index (κ3) is 3.41. The molecule has 0 spiro atoms. The predicted octanol–water partition coefficient (Wildman–Crippen LogP) is 4.63. The van der Waals surface area contributed by atoms with Gasteiger partial charge in [0.1, 0.15) is 17.2 Å². The summed E-state index contributed by atoms with van der Waals surface area (Å²) in [5.74, 6) is -0.0140. The highest BCUT2D eigenvalue weighted by molar-refractivity contribution is 5.93. The molecule has 0 fully saturated rings. The van der Waals surface area contributed by atoms with E-state index in [-0.39, 0.29) is 11.4 Å². The molecule has 0 unspecified atom stereocenters. The fourth-order valence-corrected chi connectivity index (χ4v) is 2.80. The first-order valence-corrected chi connectivity index (χ1v) is 8.29. The number of para-hydroxylation sites is 1. The molecule has 0 aliphatic heterocycles. The van der Waals surface area contributed by atoms with E-state index >= 15 is 0 Å². The maximum atomic E-state index is 11.5. The van der Waals surface area contributed by atoms with E-state index in [4.69, 9.17) is 4.74 Å². The van der Waals surface area contributed by atoms with Crippen LogP contribution in [0.3, 0.4) is 0 Å². The lowest BCUT2D eigenvalue weighted by molar-refractivity contribution is 0.0691. The molecule has 0 aliphatic carbocycles. The molecule has 0 saturated heterocycles. The Labute approximate surface area is 155 Å². The molecule has 4 rings (SSSR count). The van der Waals surface area contributed by atoms with Crippen LogP contribution in [0.15, 0.2) is 78.9 Å². The number of nitrogens with zero attached hydrogens (tertiary/aromatic N) is 2. The summed E-state index contributed by atoms with van der Waals surface area (Å²) < 4.78 is 6.06. The average Bonchev–Trinajstić information content (AvgIpc) is 3.19. The molecule has 0 aliphatic rings. The van der Waals surface area contributed by atoms with Gasteiger partial charge in [-0.15, -0.1) is 5.10 Å². The molecule has 1 heterocycles. The molecular formula is C21H15N3O3. The Morgan fingerprint density at radius 3 is 2.26 bits per heavy atom. The summed E-state index contributed by atoms with van der Waals surface area (Å²) >= 11 is 0. The topological polar surface area (TPSA) is 88.1 Å². The van der Waals surface area contributed by atoms with Crippen LogP contribution in [0.5, 0.6) is 11.5 Å². The van der Waals surface area contributed by atoms with Crippen LogP contribution in [0, 0.1) is 0 Å². The Kier molecular flexibility index (Phi) is 4.37. The van der Waals surface area contributed by atoms with Crippen LogP contribution in [0.4, 0.5) is 0 Å². The lowest BCUT2D eigenvalue weighted by Crippen LogP contribution is -2.00. The highest BCUT2D eigenvalue weighted by Gasteiger charge is 2.21. The Morgan fingerprint density at radius 2 is 1.56 bits per heavy atom. The Morgan fingerprint density at radius 1 is 0.852 bits per heavy atom. The second kappa shape index (κ2) is 7.13. The third-order valence-electron chi connectivity index (χ3n) is 4.07. The predicted molar refractivity (Wildman–Crippen MR) is 101 cm³/mol. The van der Waals surface area contributed by atoms with Gasteiger partial charge in [0.05, 0.1) is 0 Å². The number of aromatic amines is 1. The van der Waals surface area contributed by atoms with Crippen LogP contribution in [0.2, 0.25) is 0 Å². The number of carbonyl (C=O) groups is 1. The molecule has 0 atom stereocenters. The van der Waals surface area contributed by atoms with Gasteiger partial charge in [-0.1, -0.05) is 54.6 Å². The van der Waals surface area contributed by atoms with Crippen LogP contribution in [0.1, 0.15) is 10.5 Å². The van der Waals surface area contributed by atoms with Crippen molar-refractivity contribution in [2.24, 2.45) is 0 Å². The van der Waals surface area contributed by atoms with Crippen LogP contribution < -0.4 is 4.74 Å². The molecule has 3 aromatic carbocycles. The minimum Gasteiger partial charge on any atom is -0.476 e. The van der Waals surface area contributed by atoms with Gasteiger partial charge in [0.25, 0.3) is 0 Å². The first-order valence-electron chi connectivity index (χ1n) is 8.29. The maximum Gasteiger partial charge on any atom is 0.358 e. The van der Waals surface area contributed by atoms with Crippen LogP contribution >= 0.6 is 0 Å². The highest BCUT2D eigenvalue weighted by atomic mass is 16.5. The van der Waals surface area contributed by atoms with Gasteiger partial charge in [-0.05, 0) is 35.4 Å². The summed E-state index contributed by atoms with van der Waals surface area (Å²) in [5.41, 5.74) is 2.60. The van der Waals surface area contributed by atoms with Crippen molar-refractivity contribution >= 4 is 5.97 Å². The molecule has 0 bridgehead atoms. The van der Waals surface area contributed by atoms with Crippen molar-refractivity contribution in [3.63, 3.8) is 0 Å². The molecule has 6 heteroatoms. The molecular weight excluding hydrogens is 342 g/mol. The summed E-state index contributed by atoms with van der Waals surface area (Å²) in [6, 6.07) is 24.7. The van der Waals surface area contributed by atoms with E-state index in [1.165, 1.54) is 0 Å². The zero-order valence-electron chi connectivity index (χ0n) is 14.2. The number of nitrogens with one attached hydrogen (secondary N) is 1. The van der Waals surface area contributed by atoms with E-state index in [2.05, 4.69) is 15.4 Å². The van der Waals surface area contributed by atoms with Gasteiger partial charge >= 0.3 is 5.97 Å². The fourth-order valence-electron chi connectivity index (χ4n) is 2.80. The number of carboxylic acids is 1. The summed E-state index contributed by atoms with van der Waals surface area (Å²) in [6.07, 6.45) is 0. The number of carboxylic acid groups (broad SMARTS) is 1. The van der Waals surface area contributed by atoms with E-state index in [1.807, 2.05) is 72.8 Å². The van der Waals surface area contributed by atoms with E-state index < -0.39 is 5.97 Å². The van der Waals surface area contributed by atoms with E-state index in [0.717, 1.165) is 11.1 Å². The molecule has 27 heavy (non-hydrogen) atoms. The third-order valence-corrected chi connectivity index (χ3v) is 4.07. The van der Waals surface area contributed by atoms with Crippen molar-refractivity contribution in [3.8, 4) is 33.9 Å². The van der Waals surface area contributed by atoms with E-state index in [9.17, 15) is 9.90 Å². The second-order valence-electron chi connectivity index (χ2n) is 5.82. The van der Waals surface area contributed by atoms with Crippen molar-refractivity contribution in [1.29, 1.82) is 0 Å². The van der Waals surface area contributed by atoms with Crippen molar-refractivity contribution in [1.82, 2.24) is 15.4 Å². The Bertz CT molecular complexity index is 1080. The van der Waals surface area contributed by atoms with Gasteiger partial charge < -0.3 is 9.84 Å². The summed E-state index contributed by atoms with van der Waals surface area (Å²) in [4.78, 5) is 11.5. The van der Waals surface area contributed by atoms with Crippen molar-refractivity contribution in [2.45, 2.75) is 0 Å². The first-order chi connectivity index (χ1) is 13.2. The minimum absolute atomic E-state index is 0.152. The van der Waals surface area contributed by atoms with Gasteiger partial charge in [-0.25, -0.2) is 4.79 Å². The quantitative estimate of drug-likeness (QED) is 0.544. The fraction of sp³-hybridized carbons (Fsp3) is 0. The van der Waals surface area contributed by atoms with Gasteiger partial charge in [-0.3, -0.25) is 0 Å². The van der Waals surface area contributed by atoms with E-state index in [1.54, 1.807) is 6.07 Å². The van der Waals surface area contributed by atoms with Gasteiger partial charge in [0.15, 0.2) is 5.69 Å². The smallest absolute Gasteiger partial charge is 0.358 e. The number of hydrogen-bond acceptors (Lipinski definition) is 4. The van der Waals surface area contributed by atoms with Crippen LogP contribution in [0.25, 0.3) is 22.4 Å². The summed E-state index contributed by atoms with van der Waals surface area (Å²) in [5, 5.41) is 19.5. The number of hydrogen-bond donors (Lipinski definition) is 2. The number of aromatic nitrogens is 3. The molecule has 1 aromatic heterocycles. The largest absolute Gasteiger partial charge is 0.476 e. The first kappa shape index (κ1) is 16.5. The average molecular weight is 357 g/mol. The SMILES string of the molecule is O=C(O)c1n[nH]nc1-c1ccc(-c2ccccc2)cc1Oc1ccccc1. The Hall–Kier alpha value is -3.93. The minimum atomic E-state index is -1.16. The van der Waals surface area contributed by atoms with Crippen LogP contribution in [-0.4, -0.2) is 26.5 Å². The summed E-state index contributed by atoms with van der Waals surface area (Å²) in [6.45, 7) is 0. The lowest BCUT2D eigenvalue weighted by atomic mass is 10.0. The zero-order chi connectivity index (χ0) is 18.6. The maximum absolute atomic E-state index is 11.5. The summed E-state index contributed by atoms with van der Waals surface area (Å²) in [7, 11) is 0. The van der Waals surface area contributed by atoms with Crippen molar-refractivity contribution < 1.29 is 14.6 Å². The molecule has 0 saturated carbocycles. The van der Waals surface area contributed by atoms with E-state index in [0.29, 0.717) is 17.1 Å². The lowest BCUT2D eigenvalue weighted by Gasteiger charge is -2.12. The molecule has 2 N–H and O–H groups in total. The standard InChI is InChI=1S/C21H15N3O3/c25-21(26)20-19(22-24-23-20)17-12-11-15(14-7-3-1-4-8-14)13-18(17)27-16-9-5-2-6-10-16/h1-13H,(H,25,26)(H,22,23,24). The molecule has 4 aromatic rings. The van der Waals surface area contributed by atoms with Crippen molar-refractivity contribution in [3.05, 3.63) is 84.6 Å². The Balaban J connectivity index is 1.85. The van der Waals surface area contributed by atoms with Crippen LogP contribution in [-0.2, 0) is 0 Å². The van der Waals surface area contributed by atoms with Gasteiger partial charge in [-0.2, -0.15) is 10.3 Å².